The van der Waals surface area contributed by atoms with Crippen molar-refractivity contribution in [3.63, 3.8) is 0 Å². The summed E-state index contributed by atoms with van der Waals surface area (Å²) in [5, 5.41) is 11.9. The molecule has 0 radical (unpaired) electrons. The van der Waals surface area contributed by atoms with E-state index in [0.717, 1.165) is 30.3 Å². The fourth-order valence-corrected chi connectivity index (χ4v) is 2.79. The lowest BCUT2D eigenvalue weighted by Crippen LogP contribution is -2.28. The van der Waals surface area contributed by atoms with Gasteiger partial charge in [-0.25, -0.2) is 10.5 Å². The number of rotatable bonds is 6. The maximum Gasteiger partial charge on any atom is 0.267 e. The van der Waals surface area contributed by atoms with E-state index in [9.17, 15) is 4.79 Å². The highest BCUT2D eigenvalue weighted by Crippen LogP contribution is 2.31. The van der Waals surface area contributed by atoms with Gasteiger partial charge in [-0.3, -0.25) is 10.0 Å². The summed E-state index contributed by atoms with van der Waals surface area (Å²) in [6, 6.07) is 4.28. The Balaban J connectivity index is 0.00000144. The van der Waals surface area contributed by atoms with Gasteiger partial charge in [0.05, 0.1) is 0 Å². The molecule has 2 heterocycles. The number of halogens is 2. The lowest BCUT2D eigenvalue weighted by molar-refractivity contribution is -0.124. The number of hydrogen-bond acceptors (Lipinski definition) is 5. The molecule has 134 valence electrons. The highest BCUT2D eigenvalue weighted by molar-refractivity contribution is 5.90. The third-order valence-corrected chi connectivity index (χ3v) is 4.16. The molecule has 0 unspecified atom stereocenters. The predicted molar refractivity (Wildman–Crippen MR) is 98.9 cm³/mol. The van der Waals surface area contributed by atoms with Crippen LogP contribution in [0.25, 0.3) is 6.08 Å². The summed E-state index contributed by atoms with van der Waals surface area (Å²) in [6.45, 7) is 3.52. The lowest BCUT2D eigenvalue weighted by atomic mass is 10.2. The highest BCUT2D eigenvalue weighted by atomic mass is 35.5. The number of hydrogen-bond donors (Lipinski definition) is 3. The van der Waals surface area contributed by atoms with Gasteiger partial charge in [0.25, 0.3) is 5.91 Å². The topological polar surface area (TPSA) is 77.5 Å². The third-order valence-electron chi connectivity index (χ3n) is 4.16. The van der Waals surface area contributed by atoms with E-state index in [0.29, 0.717) is 6.04 Å². The van der Waals surface area contributed by atoms with Gasteiger partial charge in [-0.2, -0.15) is 0 Å². The van der Waals surface area contributed by atoms with Gasteiger partial charge in [0.15, 0.2) is 0 Å². The van der Waals surface area contributed by atoms with Crippen LogP contribution in [0, 0.1) is 5.92 Å². The number of anilines is 1. The molecule has 1 saturated heterocycles. The quantitative estimate of drug-likeness (QED) is 0.404. The predicted octanol–water partition coefficient (Wildman–Crippen LogP) is 2.34. The largest absolute Gasteiger partial charge is 0.366 e. The standard InChI is InChI=1S/C16H22N4O2.2ClH/c21-16(19-22)6-4-12-3-5-15(17-9-12)18-14-7-8-20(11-14)10-13-1-2-13;;/h3-6,9,13-14,22H,1-2,7-8,10-11H2,(H,17,18)(H,19,21);2*1H/b6-4+;;/t14-;;/m1../s1. The smallest absolute Gasteiger partial charge is 0.267 e. The molecule has 2 fully saturated rings. The van der Waals surface area contributed by atoms with Gasteiger partial charge in [0, 0.05) is 37.9 Å². The molecule has 1 aliphatic carbocycles. The van der Waals surface area contributed by atoms with Gasteiger partial charge in [-0.05, 0) is 49.0 Å². The average molecular weight is 375 g/mol. The summed E-state index contributed by atoms with van der Waals surface area (Å²) >= 11 is 0. The number of hydroxylamine groups is 1. The van der Waals surface area contributed by atoms with Crippen LogP contribution in [-0.4, -0.2) is 46.7 Å². The SMILES string of the molecule is Cl.Cl.O=C(/C=C/c1ccc(N[C@@H]2CCN(CC3CC3)C2)nc1)NO. The van der Waals surface area contributed by atoms with Crippen molar-refractivity contribution in [2.24, 2.45) is 5.92 Å². The maximum absolute atomic E-state index is 10.9. The molecule has 1 aliphatic heterocycles. The van der Waals surface area contributed by atoms with Crippen LogP contribution in [0.2, 0.25) is 0 Å². The van der Waals surface area contributed by atoms with Crippen molar-refractivity contribution in [3.05, 3.63) is 30.0 Å². The number of pyridine rings is 1. The van der Waals surface area contributed by atoms with E-state index in [-0.39, 0.29) is 24.8 Å². The molecule has 3 N–H and O–H groups in total. The Morgan fingerprint density at radius 3 is 2.75 bits per heavy atom. The molecule has 0 bridgehead atoms. The minimum absolute atomic E-state index is 0. The molecule has 3 rings (SSSR count). The summed E-state index contributed by atoms with van der Waals surface area (Å²) in [6.07, 6.45) is 8.54. The van der Waals surface area contributed by atoms with Crippen molar-refractivity contribution in [1.29, 1.82) is 0 Å². The summed E-state index contributed by atoms with van der Waals surface area (Å²) in [7, 11) is 0. The number of nitrogens with one attached hydrogen (secondary N) is 2. The maximum atomic E-state index is 10.9. The second-order valence-electron chi connectivity index (χ2n) is 6.12. The van der Waals surface area contributed by atoms with Crippen LogP contribution < -0.4 is 10.8 Å². The fraction of sp³-hybridized carbons (Fsp3) is 0.500. The van der Waals surface area contributed by atoms with Gasteiger partial charge >= 0.3 is 0 Å². The normalized spacial score (nSPS) is 20.3. The Hall–Kier alpha value is -1.34. The zero-order valence-electron chi connectivity index (χ0n) is 13.4. The first-order valence-electron chi connectivity index (χ1n) is 7.80. The number of carbonyl (C=O) groups excluding carboxylic acids is 1. The number of aromatic nitrogens is 1. The Morgan fingerprint density at radius 1 is 1.33 bits per heavy atom. The molecular weight excluding hydrogens is 351 g/mol. The van der Waals surface area contributed by atoms with Crippen LogP contribution in [0.15, 0.2) is 24.4 Å². The van der Waals surface area contributed by atoms with Gasteiger partial charge in [0.2, 0.25) is 0 Å². The first-order valence-corrected chi connectivity index (χ1v) is 7.80. The number of likely N-dealkylation sites (tertiary alicyclic amines) is 1. The van der Waals surface area contributed by atoms with E-state index >= 15 is 0 Å². The fourth-order valence-electron chi connectivity index (χ4n) is 2.79. The minimum atomic E-state index is -0.552. The Labute approximate surface area is 154 Å². The Morgan fingerprint density at radius 2 is 2.12 bits per heavy atom. The summed E-state index contributed by atoms with van der Waals surface area (Å²) in [4.78, 5) is 17.8. The molecule has 0 aromatic carbocycles. The van der Waals surface area contributed by atoms with Crippen LogP contribution >= 0.6 is 24.8 Å². The van der Waals surface area contributed by atoms with Crippen LogP contribution in [0.5, 0.6) is 0 Å². The van der Waals surface area contributed by atoms with E-state index in [1.54, 1.807) is 17.8 Å². The van der Waals surface area contributed by atoms with Crippen molar-refractivity contribution in [3.8, 4) is 0 Å². The molecule has 8 heteroatoms. The van der Waals surface area contributed by atoms with Crippen molar-refractivity contribution in [1.82, 2.24) is 15.4 Å². The average Bonchev–Trinajstić information content (AvgIpc) is 3.24. The molecule has 1 atom stereocenters. The van der Waals surface area contributed by atoms with Gasteiger partial charge < -0.3 is 10.2 Å². The van der Waals surface area contributed by atoms with Crippen molar-refractivity contribution in [2.45, 2.75) is 25.3 Å². The number of carbonyl (C=O) groups is 1. The zero-order valence-corrected chi connectivity index (χ0v) is 15.0. The molecule has 24 heavy (non-hydrogen) atoms. The number of nitrogens with zero attached hydrogens (tertiary/aromatic N) is 2. The van der Waals surface area contributed by atoms with Crippen molar-refractivity contribution in [2.75, 3.05) is 25.0 Å². The molecule has 0 spiro atoms. The van der Waals surface area contributed by atoms with Crippen molar-refractivity contribution < 1.29 is 10.0 Å². The van der Waals surface area contributed by atoms with Crippen LogP contribution in [0.1, 0.15) is 24.8 Å². The van der Waals surface area contributed by atoms with Gasteiger partial charge in [-0.15, -0.1) is 24.8 Å². The summed E-state index contributed by atoms with van der Waals surface area (Å²) < 4.78 is 0. The van der Waals surface area contributed by atoms with Crippen LogP contribution in [-0.2, 0) is 4.79 Å². The summed E-state index contributed by atoms with van der Waals surface area (Å²) in [5.41, 5.74) is 2.37. The lowest BCUT2D eigenvalue weighted by Gasteiger charge is -2.16. The second-order valence-corrected chi connectivity index (χ2v) is 6.12. The Bertz CT molecular complexity index is 550. The monoisotopic (exact) mass is 374 g/mol. The minimum Gasteiger partial charge on any atom is -0.366 e. The van der Waals surface area contributed by atoms with Crippen LogP contribution in [0.3, 0.4) is 0 Å². The van der Waals surface area contributed by atoms with E-state index in [1.807, 2.05) is 12.1 Å². The Kier molecular flexibility index (Phi) is 8.48. The highest BCUT2D eigenvalue weighted by Gasteiger charge is 2.29. The zero-order chi connectivity index (χ0) is 15.4. The first kappa shape index (κ1) is 20.7. The summed E-state index contributed by atoms with van der Waals surface area (Å²) in [5.74, 6) is 1.25. The second kappa shape index (κ2) is 9.84. The van der Waals surface area contributed by atoms with Crippen LogP contribution in [0.4, 0.5) is 5.82 Å². The molecule has 1 amide bonds. The molecule has 1 aromatic heterocycles. The van der Waals surface area contributed by atoms with E-state index < -0.39 is 5.91 Å². The van der Waals surface area contributed by atoms with Crippen molar-refractivity contribution >= 4 is 42.6 Å². The molecule has 1 saturated carbocycles. The molecule has 1 aromatic rings. The molecule has 6 nitrogen and oxygen atoms in total. The van der Waals surface area contributed by atoms with Gasteiger partial charge in [-0.1, -0.05) is 0 Å². The van der Waals surface area contributed by atoms with E-state index in [2.05, 4.69) is 15.2 Å². The number of amides is 1. The van der Waals surface area contributed by atoms with E-state index in [1.165, 1.54) is 32.0 Å². The van der Waals surface area contributed by atoms with Gasteiger partial charge in [0.1, 0.15) is 5.82 Å². The first-order chi connectivity index (χ1) is 10.7. The molecular formula is C16H24Cl2N4O2. The third kappa shape index (κ3) is 6.28. The van der Waals surface area contributed by atoms with E-state index in [4.69, 9.17) is 5.21 Å². The molecule has 2 aliphatic rings.